The Kier molecular flexibility index (Phi) is 3.54. The summed E-state index contributed by atoms with van der Waals surface area (Å²) in [4.78, 5) is 15.9. The van der Waals surface area contributed by atoms with Crippen molar-refractivity contribution in [2.75, 3.05) is 11.9 Å². The van der Waals surface area contributed by atoms with Crippen LogP contribution in [0.1, 0.15) is 38.4 Å². The molecule has 1 aromatic heterocycles. The van der Waals surface area contributed by atoms with E-state index in [1.165, 1.54) is 19.3 Å². The summed E-state index contributed by atoms with van der Waals surface area (Å²) in [6, 6.07) is -0.222. The van der Waals surface area contributed by atoms with Gasteiger partial charge in [-0.05, 0) is 31.6 Å². The highest BCUT2D eigenvalue weighted by Crippen LogP contribution is 2.42. The third-order valence-corrected chi connectivity index (χ3v) is 3.99. The minimum absolute atomic E-state index is 0.222. The maximum Gasteiger partial charge on any atom is 0.321 e. The zero-order valence-electron chi connectivity index (χ0n) is 11.3. The van der Waals surface area contributed by atoms with E-state index in [4.69, 9.17) is 0 Å². The average Bonchev–Trinajstić information content (AvgIpc) is 2.57. The van der Waals surface area contributed by atoms with Crippen LogP contribution in [0.15, 0.2) is 0 Å². The quantitative estimate of drug-likeness (QED) is 0.857. The van der Waals surface area contributed by atoms with Crippen LogP contribution in [-0.4, -0.2) is 27.3 Å². The first-order valence-corrected chi connectivity index (χ1v) is 6.47. The van der Waals surface area contributed by atoms with Crippen LogP contribution in [0.5, 0.6) is 0 Å². The van der Waals surface area contributed by atoms with Gasteiger partial charge < -0.3 is 5.32 Å². The molecule has 1 saturated carbocycles. The number of carbonyl (C=O) groups excluding carboxylic acids is 1. The summed E-state index contributed by atoms with van der Waals surface area (Å²) in [7, 11) is 1.80. The first kappa shape index (κ1) is 12.9. The van der Waals surface area contributed by atoms with Gasteiger partial charge in [0, 0.05) is 13.6 Å². The fraction of sp³-hybridized carbons (Fsp3) is 0.750. The van der Waals surface area contributed by atoms with Crippen molar-refractivity contribution in [3.63, 3.8) is 0 Å². The molecule has 1 aliphatic rings. The van der Waals surface area contributed by atoms with Crippen LogP contribution in [0.25, 0.3) is 0 Å². The maximum absolute atomic E-state index is 11.7. The highest BCUT2D eigenvalue weighted by Gasteiger charge is 2.35. The van der Waals surface area contributed by atoms with Crippen molar-refractivity contribution in [1.29, 1.82) is 0 Å². The SMILES string of the molecule is CCC1(CNC(=O)Nc2nc(C)n(C)n2)CCC1. The second-order valence-electron chi connectivity index (χ2n) is 5.12. The molecule has 1 heterocycles. The standard InChI is InChI=1S/C12H21N5O/c1-4-12(6-5-7-12)8-13-11(18)15-10-14-9(2)17(3)16-10/h4-8H2,1-3H3,(H2,13,15,16,18). The summed E-state index contributed by atoms with van der Waals surface area (Å²) >= 11 is 0. The molecule has 0 saturated heterocycles. The summed E-state index contributed by atoms with van der Waals surface area (Å²) in [5.41, 5.74) is 0.324. The lowest BCUT2D eigenvalue weighted by molar-refractivity contribution is 0.127. The summed E-state index contributed by atoms with van der Waals surface area (Å²) in [6.07, 6.45) is 4.82. The van der Waals surface area contributed by atoms with Gasteiger partial charge in [-0.1, -0.05) is 13.3 Å². The lowest BCUT2D eigenvalue weighted by Crippen LogP contribution is -2.43. The predicted molar refractivity (Wildman–Crippen MR) is 69.3 cm³/mol. The van der Waals surface area contributed by atoms with Gasteiger partial charge in [-0.2, -0.15) is 4.98 Å². The Bertz CT molecular complexity index is 411. The van der Waals surface area contributed by atoms with Crippen LogP contribution >= 0.6 is 0 Å². The Labute approximate surface area is 107 Å². The van der Waals surface area contributed by atoms with Crippen LogP contribution < -0.4 is 10.6 Å². The molecule has 0 spiro atoms. The zero-order chi connectivity index (χ0) is 13.2. The number of carbonyl (C=O) groups is 1. The summed E-state index contributed by atoms with van der Waals surface area (Å²) in [5, 5.41) is 9.65. The van der Waals surface area contributed by atoms with Gasteiger partial charge in [0.2, 0.25) is 5.95 Å². The zero-order valence-corrected chi connectivity index (χ0v) is 11.3. The van der Waals surface area contributed by atoms with Gasteiger partial charge in [0.25, 0.3) is 0 Å². The predicted octanol–water partition coefficient (Wildman–Crippen LogP) is 1.83. The van der Waals surface area contributed by atoms with Gasteiger partial charge in [-0.3, -0.25) is 10.00 Å². The van der Waals surface area contributed by atoms with Crippen molar-refractivity contribution in [2.45, 2.75) is 39.5 Å². The highest BCUT2D eigenvalue weighted by molar-refractivity contribution is 5.87. The Morgan fingerprint density at radius 2 is 2.22 bits per heavy atom. The van der Waals surface area contributed by atoms with Crippen molar-refractivity contribution in [2.24, 2.45) is 12.5 Å². The summed E-state index contributed by atoms with van der Waals surface area (Å²) in [6.45, 7) is 4.76. The molecule has 1 fully saturated rings. The number of hydrogen-bond acceptors (Lipinski definition) is 3. The third kappa shape index (κ3) is 2.63. The topological polar surface area (TPSA) is 71.8 Å². The second-order valence-corrected chi connectivity index (χ2v) is 5.12. The van der Waals surface area contributed by atoms with Crippen molar-refractivity contribution in [1.82, 2.24) is 20.1 Å². The molecule has 0 unspecified atom stereocenters. The summed E-state index contributed by atoms with van der Waals surface area (Å²) < 4.78 is 1.63. The molecule has 2 rings (SSSR count). The molecule has 6 nitrogen and oxygen atoms in total. The van der Waals surface area contributed by atoms with Gasteiger partial charge >= 0.3 is 6.03 Å². The Hall–Kier alpha value is -1.59. The monoisotopic (exact) mass is 251 g/mol. The van der Waals surface area contributed by atoms with Crippen LogP contribution in [0.2, 0.25) is 0 Å². The average molecular weight is 251 g/mol. The Balaban J connectivity index is 1.82. The Morgan fingerprint density at radius 3 is 2.67 bits per heavy atom. The molecule has 0 aromatic carbocycles. The molecule has 0 atom stereocenters. The second kappa shape index (κ2) is 4.96. The number of amides is 2. The van der Waals surface area contributed by atoms with Gasteiger partial charge in [0.15, 0.2) is 0 Å². The number of rotatable bonds is 4. The smallest absolute Gasteiger partial charge is 0.321 e. The van der Waals surface area contributed by atoms with E-state index in [1.807, 2.05) is 6.92 Å². The minimum atomic E-state index is -0.222. The molecule has 1 aliphatic carbocycles. The molecule has 18 heavy (non-hydrogen) atoms. The normalized spacial score (nSPS) is 17.1. The minimum Gasteiger partial charge on any atom is -0.337 e. The van der Waals surface area contributed by atoms with Crippen LogP contribution in [0, 0.1) is 12.3 Å². The van der Waals surface area contributed by atoms with E-state index in [1.54, 1.807) is 11.7 Å². The van der Waals surface area contributed by atoms with Crippen LogP contribution in [0.4, 0.5) is 10.7 Å². The van der Waals surface area contributed by atoms with Gasteiger partial charge in [0.1, 0.15) is 5.82 Å². The van der Waals surface area contributed by atoms with Crippen molar-refractivity contribution >= 4 is 12.0 Å². The van der Waals surface area contributed by atoms with Gasteiger partial charge in [-0.25, -0.2) is 4.79 Å². The van der Waals surface area contributed by atoms with E-state index in [0.29, 0.717) is 11.4 Å². The van der Waals surface area contributed by atoms with E-state index >= 15 is 0 Å². The first-order chi connectivity index (χ1) is 8.54. The molecule has 2 amide bonds. The molecular weight excluding hydrogens is 230 g/mol. The Morgan fingerprint density at radius 1 is 1.50 bits per heavy atom. The molecule has 0 bridgehead atoms. The van der Waals surface area contributed by atoms with Crippen LogP contribution in [0.3, 0.4) is 0 Å². The van der Waals surface area contributed by atoms with Gasteiger partial charge in [0.05, 0.1) is 0 Å². The number of nitrogens with zero attached hydrogens (tertiary/aromatic N) is 3. The molecule has 0 aliphatic heterocycles. The van der Waals surface area contributed by atoms with E-state index in [0.717, 1.165) is 18.8 Å². The van der Waals surface area contributed by atoms with E-state index in [-0.39, 0.29) is 6.03 Å². The number of aryl methyl sites for hydroxylation is 2. The third-order valence-electron chi connectivity index (χ3n) is 3.99. The first-order valence-electron chi connectivity index (χ1n) is 6.47. The molecular formula is C12H21N5O. The number of anilines is 1. The number of urea groups is 1. The number of nitrogens with one attached hydrogen (secondary N) is 2. The number of hydrogen-bond donors (Lipinski definition) is 2. The molecule has 1 aromatic rings. The number of aromatic nitrogens is 3. The maximum atomic E-state index is 11.7. The van der Waals surface area contributed by atoms with Crippen molar-refractivity contribution in [3.05, 3.63) is 5.82 Å². The molecule has 100 valence electrons. The molecule has 0 radical (unpaired) electrons. The highest BCUT2D eigenvalue weighted by atomic mass is 16.2. The van der Waals surface area contributed by atoms with Crippen molar-refractivity contribution in [3.8, 4) is 0 Å². The van der Waals surface area contributed by atoms with E-state index in [9.17, 15) is 4.79 Å². The lowest BCUT2D eigenvalue weighted by atomic mass is 9.67. The van der Waals surface area contributed by atoms with Crippen LogP contribution in [-0.2, 0) is 7.05 Å². The largest absolute Gasteiger partial charge is 0.337 e. The molecule has 6 heteroatoms. The fourth-order valence-corrected chi connectivity index (χ4v) is 2.26. The summed E-state index contributed by atoms with van der Waals surface area (Å²) in [5.74, 6) is 1.13. The molecule has 2 N–H and O–H groups in total. The fourth-order valence-electron chi connectivity index (χ4n) is 2.26. The van der Waals surface area contributed by atoms with E-state index in [2.05, 4.69) is 27.6 Å². The lowest BCUT2D eigenvalue weighted by Gasteiger charge is -2.41. The van der Waals surface area contributed by atoms with Crippen molar-refractivity contribution < 1.29 is 4.79 Å². The van der Waals surface area contributed by atoms with Gasteiger partial charge in [-0.15, -0.1) is 5.10 Å². The van der Waals surface area contributed by atoms with E-state index < -0.39 is 0 Å².